The molecule has 3 N–H and O–H groups in total. The highest BCUT2D eigenvalue weighted by Gasteiger charge is 2.26. The Morgan fingerprint density at radius 3 is 2.45 bits per heavy atom. The van der Waals surface area contributed by atoms with Crippen LogP contribution in [0.5, 0.6) is 11.5 Å². The van der Waals surface area contributed by atoms with E-state index in [0.717, 1.165) is 0 Å². The first kappa shape index (κ1) is 17.6. The molecule has 1 amide bonds. The minimum Gasteiger partial charge on any atom is -0.508 e. The second kappa shape index (κ2) is 7.02. The molecule has 0 radical (unpaired) electrons. The number of benzene rings is 1. The van der Waals surface area contributed by atoms with Crippen molar-refractivity contribution in [2.45, 2.75) is 38.8 Å². The van der Waals surface area contributed by atoms with E-state index >= 15 is 0 Å². The van der Waals surface area contributed by atoms with E-state index in [2.05, 4.69) is 5.32 Å². The fraction of sp³-hybridized carbons (Fsp3) is 0.467. The number of methoxy groups -OCH3 is 1. The van der Waals surface area contributed by atoms with E-state index < -0.39 is 23.7 Å². The number of phenolic OH excluding ortho intramolecular Hbond substituents is 1. The number of alkyl carbamates (subject to hydrolysis) is 1. The SMILES string of the molecule is COc1cccc(O)c1CC(NC(=O)OC(C)(C)C)C(=O)O. The Balaban J connectivity index is 2.90. The summed E-state index contributed by atoms with van der Waals surface area (Å²) in [4.78, 5) is 23.0. The lowest BCUT2D eigenvalue weighted by Crippen LogP contribution is -2.44. The van der Waals surface area contributed by atoms with E-state index in [1.165, 1.54) is 13.2 Å². The second-order valence-electron chi connectivity index (χ2n) is 5.70. The number of hydrogen-bond donors (Lipinski definition) is 3. The minimum atomic E-state index is -1.25. The normalized spacial score (nSPS) is 12.4. The Bertz CT molecular complexity index is 549. The Kier molecular flexibility index (Phi) is 5.62. The molecule has 0 saturated carbocycles. The third-order valence-corrected chi connectivity index (χ3v) is 2.73. The number of carboxylic acids is 1. The Morgan fingerprint density at radius 1 is 1.32 bits per heavy atom. The molecule has 0 saturated heterocycles. The molecule has 7 nitrogen and oxygen atoms in total. The van der Waals surface area contributed by atoms with Gasteiger partial charge in [-0.3, -0.25) is 0 Å². The number of phenols is 1. The van der Waals surface area contributed by atoms with Gasteiger partial charge in [-0.2, -0.15) is 0 Å². The van der Waals surface area contributed by atoms with E-state index in [4.69, 9.17) is 9.47 Å². The summed E-state index contributed by atoms with van der Waals surface area (Å²) >= 11 is 0. The van der Waals surface area contributed by atoms with Crippen LogP contribution in [0.2, 0.25) is 0 Å². The lowest BCUT2D eigenvalue weighted by molar-refractivity contribution is -0.139. The molecule has 0 heterocycles. The number of carbonyl (C=O) groups is 2. The van der Waals surface area contributed by atoms with Crippen molar-refractivity contribution in [1.82, 2.24) is 5.32 Å². The van der Waals surface area contributed by atoms with Crippen LogP contribution in [0.4, 0.5) is 4.79 Å². The first-order valence-corrected chi connectivity index (χ1v) is 6.71. The van der Waals surface area contributed by atoms with Gasteiger partial charge in [0.15, 0.2) is 0 Å². The van der Waals surface area contributed by atoms with E-state index in [-0.39, 0.29) is 12.2 Å². The Morgan fingerprint density at radius 2 is 1.95 bits per heavy atom. The summed E-state index contributed by atoms with van der Waals surface area (Å²) < 4.78 is 10.1. The van der Waals surface area contributed by atoms with Crippen LogP contribution >= 0.6 is 0 Å². The predicted octanol–water partition coefficient (Wildman–Crippen LogP) is 1.92. The van der Waals surface area contributed by atoms with Crippen LogP contribution in [-0.2, 0) is 16.0 Å². The van der Waals surface area contributed by atoms with Crippen LogP contribution in [-0.4, -0.2) is 41.0 Å². The van der Waals surface area contributed by atoms with Crippen LogP contribution in [0.1, 0.15) is 26.3 Å². The molecular formula is C15H21NO6. The molecule has 0 aromatic heterocycles. The van der Waals surface area contributed by atoms with Gasteiger partial charge in [-0.25, -0.2) is 9.59 Å². The monoisotopic (exact) mass is 311 g/mol. The zero-order chi connectivity index (χ0) is 16.9. The summed E-state index contributed by atoms with van der Waals surface area (Å²) in [5, 5.41) is 21.4. The number of amides is 1. The molecule has 0 aliphatic carbocycles. The molecule has 0 spiro atoms. The minimum absolute atomic E-state index is 0.100. The van der Waals surface area contributed by atoms with Crippen LogP contribution in [0.25, 0.3) is 0 Å². The maximum Gasteiger partial charge on any atom is 0.408 e. The summed E-state index contributed by atoms with van der Waals surface area (Å²) in [7, 11) is 1.41. The average Bonchev–Trinajstić information content (AvgIpc) is 2.37. The van der Waals surface area contributed by atoms with Crippen molar-refractivity contribution in [2.75, 3.05) is 7.11 Å². The lowest BCUT2D eigenvalue weighted by atomic mass is 10.0. The van der Waals surface area contributed by atoms with Gasteiger partial charge in [0.05, 0.1) is 7.11 Å². The summed E-state index contributed by atoms with van der Waals surface area (Å²) in [5.74, 6) is -0.995. The van der Waals surface area contributed by atoms with Gasteiger partial charge in [0.1, 0.15) is 23.1 Å². The van der Waals surface area contributed by atoms with Crippen molar-refractivity contribution in [2.24, 2.45) is 0 Å². The van der Waals surface area contributed by atoms with Crippen LogP contribution in [0.15, 0.2) is 18.2 Å². The summed E-state index contributed by atoms with van der Waals surface area (Å²) in [6, 6.07) is 3.34. The molecule has 0 bridgehead atoms. The number of rotatable bonds is 5. The third kappa shape index (κ3) is 5.16. The molecule has 122 valence electrons. The molecule has 0 fully saturated rings. The molecular weight excluding hydrogens is 290 g/mol. The van der Waals surface area contributed by atoms with Crippen LogP contribution in [0, 0.1) is 0 Å². The Labute approximate surface area is 128 Å². The van der Waals surface area contributed by atoms with Crippen molar-refractivity contribution >= 4 is 12.1 Å². The zero-order valence-corrected chi connectivity index (χ0v) is 13.0. The molecule has 1 atom stereocenters. The molecule has 7 heteroatoms. The summed E-state index contributed by atoms with van der Waals surface area (Å²) in [6.07, 6.45) is -0.973. The molecule has 1 unspecified atom stereocenters. The first-order chi connectivity index (χ1) is 10.1. The van der Waals surface area contributed by atoms with E-state index in [1.807, 2.05) is 0 Å². The molecule has 1 rings (SSSR count). The number of hydrogen-bond acceptors (Lipinski definition) is 5. The van der Waals surface area contributed by atoms with Gasteiger partial charge in [-0.05, 0) is 32.9 Å². The maximum absolute atomic E-state index is 11.7. The van der Waals surface area contributed by atoms with E-state index in [9.17, 15) is 19.8 Å². The number of aliphatic carboxylic acids is 1. The fourth-order valence-electron chi connectivity index (χ4n) is 1.80. The molecule has 0 aliphatic heterocycles. The molecule has 1 aromatic rings. The smallest absolute Gasteiger partial charge is 0.408 e. The van der Waals surface area contributed by atoms with Crippen molar-refractivity contribution in [1.29, 1.82) is 0 Å². The predicted molar refractivity (Wildman–Crippen MR) is 79.2 cm³/mol. The highest BCUT2D eigenvalue weighted by Crippen LogP contribution is 2.28. The maximum atomic E-state index is 11.7. The summed E-state index contributed by atoms with van der Waals surface area (Å²) in [6.45, 7) is 5.03. The number of nitrogens with one attached hydrogen (secondary N) is 1. The number of carbonyl (C=O) groups excluding carboxylic acids is 1. The Hall–Kier alpha value is -2.44. The molecule has 1 aromatic carbocycles. The van der Waals surface area contributed by atoms with Gasteiger partial charge in [-0.1, -0.05) is 6.07 Å². The van der Waals surface area contributed by atoms with Gasteiger partial charge in [0, 0.05) is 12.0 Å². The highest BCUT2D eigenvalue weighted by atomic mass is 16.6. The summed E-state index contributed by atoms with van der Waals surface area (Å²) in [5.41, 5.74) is -0.437. The topological polar surface area (TPSA) is 105 Å². The van der Waals surface area contributed by atoms with Gasteiger partial charge in [-0.15, -0.1) is 0 Å². The van der Waals surface area contributed by atoms with Crippen molar-refractivity contribution in [3.05, 3.63) is 23.8 Å². The average molecular weight is 311 g/mol. The van der Waals surface area contributed by atoms with Crippen LogP contribution in [0.3, 0.4) is 0 Å². The number of aromatic hydroxyl groups is 1. The van der Waals surface area contributed by atoms with Gasteiger partial charge in [0.2, 0.25) is 0 Å². The quantitative estimate of drug-likeness (QED) is 0.767. The van der Waals surface area contributed by atoms with Crippen molar-refractivity contribution < 1.29 is 29.3 Å². The van der Waals surface area contributed by atoms with Gasteiger partial charge >= 0.3 is 12.1 Å². The largest absolute Gasteiger partial charge is 0.508 e. The fourth-order valence-corrected chi connectivity index (χ4v) is 1.80. The van der Waals surface area contributed by atoms with Gasteiger partial charge < -0.3 is 25.0 Å². The zero-order valence-electron chi connectivity index (χ0n) is 13.0. The van der Waals surface area contributed by atoms with E-state index in [1.54, 1.807) is 32.9 Å². The highest BCUT2D eigenvalue weighted by molar-refractivity contribution is 5.80. The number of carboxylic acid groups (broad SMARTS) is 1. The molecule has 22 heavy (non-hydrogen) atoms. The van der Waals surface area contributed by atoms with Gasteiger partial charge in [0.25, 0.3) is 0 Å². The van der Waals surface area contributed by atoms with E-state index in [0.29, 0.717) is 11.3 Å². The second-order valence-corrected chi connectivity index (χ2v) is 5.70. The van der Waals surface area contributed by atoms with Crippen molar-refractivity contribution in [3.8, 4) is 11.5 Å². The first-order valence-electron chi connectivity index (χ1n) is 6.71. The molecule has 0 aliphatic rings. The number of ether oxygens (including phenoxy) is 2. The third-order valence-electron chi connectivity index (χ3n) is 2.73. The standard InChI is InChI=1S/C15H21NO6/c1-15(2,3)22-14(20)16-10(13(18)19)8-9-11(17)6-5-7-12(9)21-4/h5-7,10,17H,8H2,1-4H3,(H,16,20)(H,18,19). The van der Waals surface area contributed by atoms with Crippen molar-refractivity contribution in [3.63, 3.8) is 0 Å². The van der Waals surface area contributed by atoms with Crippen LogP contribution < -0.4 is 10.1 Å². The lowest BCUT2D eigenvalue weighted by Gasteiger charge is -2.22.